The zero-order valence-electron chi connectivity index (χ0n) is 14.5. The quantitative estimate of drug-likeness (QED) is 0.852. The van der Waals surface area contributed by atoms with Crippen LogP contribution in [0.2, 0.25) is 0 Å². The van der Waals surface area contributed by atoms with Crippen molar-refractivity contribution in [2.45, 2.75) is 12.8 Å². The first-order chi connectivity index (χ1) is 12.5. The maximum atomic E-state index is 13.7. The third-order valence-electron chi connectivity index (χ3n) is 4.62. The van der Waals surface area contributed by atoms with Gasteiger partial charge in [-0.15, -0.1) is 0 Å². The van der Waals surface area contributed by atoms with Gasteiger partial charge < -0.3 is 15.5 Å². The van der Waals surface area contributed by atoms with E-state index in [2.05, 4.69) is 0 Å². The van der Waals surface area contributed by atoms with Crippen LogP contribution in [0.15, 0.2) is 48.5 Å². The molecule has 2 aromatic carbocycles. The largest absolute Gasteiger partial charge is 0.399 e. The topological polar surface area (TPSA) is 66.6 Å². The summed E-state index contributed by atoms with van der Waals surface area (Å²) in [7, 11) is 0. The highest BCUT2D eigenvalue weighted by Crippen LogP contribution is 2.12. The van der Waals surface area contributed by atoms with Gasteiger partial charge in [-0.05, 0) is 29.3 Å². The molecule has 0 radical (unpaired) electrons. The fourth-order valence-electron chi connectivity index (χ4n) is 3.04. The number of carbonyl (C=O) groups excluding carboxylic acids is 2. The highest BCUT2D eigenvalue weighted by molar-refractivity contribution is 5.81. The number of piperazine rings is 1. The molecule has 0 saturated carbocycles. The van der Waals surface area contributed by atoms with Crippen LogP contribution in [-0.4, -0.2) is 47.8 Å². The zero-order valence-corrected chi connectivity index (χ0v) is 14.5. The van der Waals surface area contributed by atoms with E-state index in [0.717, 1.165) is 5.56 Å². The van der Waals surface area contributed by atoms with Crippen molar-refractivity contribution < 1.29 is 14.0 Å². The number of halogens is 1. The van der Waals surface area contributed by atoms with E-state index < -0.39 is 0 Å². The Labute approximate surface area is 152 Å². The molecule has 1 saturated heterocycles. The van der Waals surface area contributed by atoms with Crippen LogP contribution in [0.1, 0.15) is 11.1 Å². The Morgan fingerprint density at radius 1 is 0.846 bits per heavy atom. The van der Waals surface area contributed by atoms with E-state index in [1.807, 2.05) is 12.1 Å². The van der Waals surface area contributed by atoms with Crippen LogP contribution in [0, 0.1) is 5.82 Å². The molecule has 0 spiro atoms. The number of hydrogen-bond donors (Lipinski definition) is 1. The van der Waals surface area contributed by atoms with Crippen LogP contribution in [-0.2, 0) is 22.4 Å². The van der Waals surface area contributed by atoms with Gasteiger partial charge in [-0.2, -0.15) is 0 Å². The summed E-state index contributed by atoms with van der Waals surface area (Å²) in [4.78, 5) is 28.2. The van der Waals surface area contributed by atoms with Crippen LogP contribution in [0.25, 0.3) is 0 Å². The van der Waals surface area contributed by atoms with Gasteiger partial charge in [0.15, 0.2) is 0 Å². The van der Waals surface area contributed by atoms with Gasteiger partial charge in [0.05, 0.1) is 12.8 Å². The molecule has 0 aliphatic carbocycles. The number of anilines is 1. The van der Waals surface area contributed by atoms with Gasteiger partial charge in [0.1, 0.15) is 5.82 Å². The number of amides is 2. The Balaban J connectivity index is 1.50. The number of nitrogens with two attached hydrogens (primary N) is 1. The summed E-state index contributed by atoms with van der Waals surface area (Å²) in [6, 6.07) is 13.6. The average molecular weight is 355 g/mol. The Morgan fingerprint density at radius 3 is 1.96 bits per heavy atom. The van der Waals surface area contributed by atoms with Crippen LogP contribution in [0.3, 0.4) is 0 Å². The molecule has 0 atom stereocenters. The molecule has 0 aromatic heterocycles. The molecule has 5 nitrogen and oxygen atoms in total. The minimum atomic E-state index is -0.363. The van der Waals surface area contributed by atoms with Crippen LogP contribution in [0.4, 0.5) is 10.1 Å². The summed E-state index contributed by atoms with van der Waals surface area (Å²) in [5, 5.41) is 0. The Morgan fingerprint density at radius 2 is 1.38 bits per heavy atom. The highest BCUT2D eigenvalue weighted by Gasteiger charge is 2.24. The molecule has 136 valence electrons. The molecular weight excluding hydrogens is 333 g/mol. The molecule has 1 aliphatic rings. The van der Waals surface area contributed by atoms with E-state index in [9.17, 15) is 14.0 Å². The van der Waals surface area contributed by atoms with Crippen molar-refractivity contribution in [3.8, 4) is 0 Å². The zero-order chi connectivity index (χ0) is 18.5. The lowest BCUT2D eigenvalue weighted by Gasteiger charge is -2.35. The fourth-order valence-corrected chi connectivity index (χ4v) is 3.04. The minimum absolute atomic E-state index is 0.0379. The molecule has 1 aliphatic heterocycles. The standard InChI is InChI=1S/C20H22FN3O2/c21-18-4-2-1-3-16(18)14-20(26)24-11-9-23(10-12-24)19(25)13-15-5-7-17(22)8-6-15/h1-8H,9-14,22H2. The van der Waals surface area contributed by atoms with Crippen molar-refractivity contribution in [1.82, 2.24) is 9.80 Å². The van der Waals surface area contributed by atoms with E-state index in [1.165, 1.54) is 6.07 Å². The Bertz CT molecular complexity index is 784. The van der Waals surface area contributed by atoms with E-state index >= 15 is 0 Å². The number of benzene rings is 2. The third-order valence-corrected chi connectivity index (χ3v) is 4.62. The molecule has 1 fully saturated rings. The van der Waals surface area contributed by atoms with Crippen molar-refractivity contribution in [3.63, 3.8) is 0 Å². The first kappa shape index (κ1) is 17.9. The van der Waals surface area contributed by atoms with Gasteiger partial charge in [-0.3, -0.25) is 9.59 Å². The molecule has 2 aromatic rings. The Kier molecular flexibility index (Phi) is 5.51. The summed E-state index contributed by atoms with van der Waals surface area (Å²) >= 11 is 0. The predicted molar refractivity (Wildman–Crippen MR) is 97.8 cm³/mol. The molecule has 2 amide bonds. The fraction of sp³-hybridized carbons (Fsp3) is 0.300. The lowest BCUT2D eigenvalue weighted by molar-refractivity contribution is -0.138. The second-order valence-electron chi connectivity index (χ2n) is 6.45. The van der Waals surface area contributed by atoms with Gasteiger partial charge in [-0.25, -0.2) is 4.39 Å². The first-order valence-corrected chi connectivity index (χ1v) is 8.66. The van der Waals surface area contributed by atoms with Crippen molar-refractivity contribution >= 4 is 17.5 Å². The number of rotatable bonds is 4. The molecule has 26 heavy (non-hydrogen) atoms. The van der Waals surface area contributed by atoms with E-state index in [0.29, 0.717) is 43.9 Å². The summed E-state index contributed by atoms with van der Waals surface area (Å²) in [5.74, 6) is -0.435. The SMILES string of the molecule is Nc1ccc(CC(=O)N2CCN(C(=O)Cc3ccccc3F)CC2)cc1. The second kappa shape index (κ2) is 7.99. The summed E-state index contributed by atoms with van der Waals surface area (Å²) < 4.78 is 13.7. The van der Waals surface area contributed by atoms with Crippen LogP contribution >= 0.6 is 0 Å². The van der Waals surface area contributed by atoms with Crippen molar-refractivity contribution in [2.75, 3.05) is 31.9 Å². The van der Waals surface area contributed by atoms with Crippen molar-refractivity contribution in [1.29, 1.82) is 0 Å². The van der Waals surface area contributed by atoms with Crippen LogP contribution < -0.4 is 5.73 Å². The van der Waals surface area contributed by atoms with E-state index in [-0.39, 0.29) is 24.1 Å². The average Bonchev–Trinajstić information content (AvgIpc) is 2.65. The summed E-state index contributed by atoms with van der Waals surface area (Å²) in [5.41, 5.74) is 7.64. The van der Waals surface area contributed by atoms with Crippen molar-refractivity contribution in [3.05, 3.63) is 65.5 Å². The van der Waals surface area contributed by atoms with Crippen LogP contribution in [0.5, 0.6) is 0 Å². The number of nitrogens with zero attached hydrogens (tertiary/aromatic N) is 2. The van der Waals surface area contributed by atoms with Crippen molar-refractivity contribution in [2.24, 2.45) is 0 Å². The monoisotopic (exact) mass is 355 g/mol. The second-order valence-corrected chi connectivity index (χ2v) is 6.45. The Hall–Kier alpha value is -2.89. The highest BCUT2D eigenvalue weighted by atomic mass is 19.1. The molecular formula is C20H22FN3O2. The van der Waals surface area contributed by atoms with Gasteiger partial charge in [0.2, 0.25) is 11.8 Å². The number of carbonyl (C=O) groups is 2. The van der Waals surface area contributed by atoms with E-state index in [4.69, 9.17) is 5.73 Å². The molecule has 6 heteroatoms. The number of nitrogen functional groups attached to an aromatic ring is 1. The molecule has 1 heterocycles. The maximum absolute atomic E-state index is 13.7. The normalized spacial score (nSPS) is 14.3. The van der Waals surface area contributed by atoms with Gasteiger partial charge in [0, 0.05) is 31.9 Å². The molecule has 0 unspecified atom stereocenters. The smallest absolute Gasteiger partial charge is 0.227 e. The third kappa shape index (κ3) is 4.39. The maximum Gasteiger partial charge on any atom is 0.227 e. The first-order valence-electron chi connectivity index (χ1n) is 8.66. The molecule has 2 N–H and O–H groups in total. The predicted octanol–water partition coefficient (Wildman–Crippen LogP) is 1.86. The summed E-state index contributed by atoms with van der Waals surface area (Å²) in [6.07, 6.45) is 0.371. The van der Waals surface area contributed by atoms with Gasteiger partial charge in [-0.1, -0.05) is 30.3 Å². The number of hydrogen-bond acceptors (Lipinski definition) is 3. The minimum Gasteiger partial charge on any atom is -0.399 e. The lowest BCUT2D eigenvalue weighted by Crippen LogP contribution is -2.51. The van der Waals surface area contributed by atoms with Gasteiger partial charge >= 0.3 is 0 Å². The lowest BCUT2D eigenvalue weighted by atomic mass is 10.1. The van der Waals surface area contributed by atoms with E-state index in [1.54, 1.807) is 40.1 Å². The molecule has 3 rings (SSSR count). The molecule has 0 bridgehead atoms. The summed E-state index contributed by atoms with van der Waals surface area (Å²) in [6.45, 7) is 1.94. The van der Waals surface area contributed by atoms with Gasteiger partial charge in [0.25, 0.3) is 0 Å².